The van der Waals surface area contributed by atoms with Crippen LogP contribution in [0.1, 0.15) is 18.9 Å². The number of hydrogen-bond acceptors (Lipinski definition) is 3. The highest BCUT2D eigenvalue weighted by Gasteiger charge is 2.22. The molecule has 0 bridgehead atoms. The van der Waals surface area contributed by atoms with Gasteiger partial charge in [-0.3, -0.25) is 0 Å². The molecule has 1 atom stereocenters. The molecule has 1 aromatic rings. The molecule has 0 amide bonds. The second-order valence-electron chi connectivity index (χ2n) is 3.91. The zero-order valence-corrected chi connectivity index (χ0v) is 11.9. The molecule has 6 heteroatoms. The van der Waals surface area contributed by atoms with Crippen LogP contribution >= 0.6 is 15.9 Å². The van der Waals surface area contributed by atoms with Gasteiger partial charge in [0.15, 0.2) is 9.84 Å². The third-order valence-electron chi connectivity index (χ3n) is 2.57. The van der Waals surface area contributed by atoms with E-state index in [2.05, 4.69) is 15.9 Å². The van der Waals surface area contributed by atoms with Gasteiger partial charge >= 0.3 is 0 Å². The normalized spacial score (nSPS) is 13.6. The Morgan fingerprint density at radius 1 is 1.47 bits per heavy atom. The number of sulfone groups is 1. The third-order valence-corrected chi connectivity index (χ3v) is 5.64. The summed E-state index contributed by atoms with van der Waals surface area (Å²) in [5, 5.41) is -0.511. The van der Waals surface area contributed by atoms with Gasteiger partial charge in [-0.15, -0.1) is 0 Å². The summed E-state index contributed by atoms with van der Waals surface area (Å²) in [6.45, 7) is 1.94. The predicted molar refractivity (Wildman–Crippen MR) is 69.9 cm³/mol. The van der Waals surface area contributed by atoms with E-state index in [1.54, 1.807) is 13.0 Å². The van der Waals surface area contributed by atoms with Crippen LogP contribution in [0.25, 0.3) is 0 Å². The number of halogens is 2. The van der Waals surface area contributed by atoms with E-state index >= 15 is 0 Å². The van der Waals surface area contributed by atoms with E-state index in [1.807, 2.05) is 0 Å². The van der Waals surface area contributed by atoms with Gasteiger partial charge in [0.05, 0.1) is 15.5 Å². The van der Waals surface area contributed by atoms with Crippen molar-refractivity contribution >= 4 is 25.8 Å². The molecule has 96 valence electrons. The summed E-state index contributed by atoms with van der Waals surface area (Å²) in [5.74, 6) is -0.629. The second kappa shape index (κ2) is 5.93. The van der Waals surface area contributed by atoms with Gasteiger partial charge in [-0.05, 0) is 47.4 Å². The minimum absolute atomic E-state index is 0.174. The first-order valence-electron chi connectivity index (χ1n) is 5.23. The van der Waals surface area contributed by atoms with E-state index < -0.39 is 20.9 Å². The Kier molecular flexibility index (Phi) is 5.09. The van der Waals surface area contributed by atoms with Crippen molar-refractivity contribution in [2.75, 3.05) is 6.54 Å². The van der Waals surface area contributed by atoms with Crippen molar-refractivity contribution in [2.45, 2.75) is 24.3 Å². The molecule has 1 unspecified atom stereocenters. The zero-order valence-electron chi connectivity index (χ0n) is 9.49. The molecular formula is C11H15BrFNO2S. The number of benzene rings is 1. The Balaban J connectivity index is 2.94. The Bertz CT molecular complexity index is 490. The molecule has 0 spiro atoms. The molecule has 1 rings (SSSR count). The highest BCUT2D eigenvalue weighted by atomic mass is 79.9. The van der Waals surface area contributed by atoms with Gasteiger partial charge in [0.2, 0.25) is 0 Å². The van der Waals surface area contributed by atoms with Crippen LogP contribution in [0.15, 0.2) is 22.7 Å². The molecule has 0 aromatic heterocycles. The molecule has 17 heavy (non-hydrogen) atoms. The van der Waals surface area contributed by atoms with Gasteiger partial charge in [0.1, 0.15) is 5.82 Å². The fourth-order valence-corrected chi connectivity index (χ4v) is 3.48. The largest absolute Gasteiger partial charge is 0.330 e. The summed E-state index contributed by atoms with van der Waals surface area (Å²) < 4.78 is 37.4. The van der Waals surface area contributed by atoms with Crippen LogP contribution in [0.4, 0.5) is 4.39 Å². The van der Waals surface area contributed by atoms with Crippen LogP contribution in [0.3, 0.4) is 0 Å². The number of hydrogen-bond donors (Lipinski definition) is 1. The smallest absolute Gasteiger partial charge is 0.157 e. The Morgan fingerprint density at radius 2 is 2.12 bits per heavy atom. The second-order valence-corrected chi connectivity index (χ2v) is 7.12. The Morgan fingerprint density at radius 3 is 2.71 bits per heavy atom. The minimum atomic E-state index is -3.29. The summed E-state index contributed by atoms with van der Waals surface area (Å²) in [7, 11) is -3.29. The zero-order chi connectivity index (χ0) is 13.1. The molecule has 3 nitrogen and oxygen atoms in total. The molecule has 0 aliphatic heterocycles. The van der Waals surface area contributed by atoms with Crippen LogP contribution in [0.5, 0.6) is 0 Å². The summed E-state index contributed by atoms with van der Waals surface area (Å²) in [4.78, 5) is 0. The predicted octanol–water partition coefficient (Wildman–Crippen LogP) is 2.24. The van der Waals surface area contributed by atoms with Gasteiger partial charge in [0, 0.05) is 0 Å². The summed E-state index contributed by atoms with van der Waals surface area (Å²) in [6.07, 6.45) is 0.412. The van der Waals surface area contributed by atoms with Crippen molar-refractivity contribution in [3.63, 3.8) is 0 Å². The Hall–Kier alpha value is -0.460. The van der Waals surface area contributed by atoms with Gasteiger partial charge in [-0.2, -0.15) is 0 Å². The minimum Gasteiger partial charge on any atom is -0.330 e. The molecule has 0 saturated heterocycles. The van der Waals surface area contributed by atoms with E-state index in [1.165, 1.54) is 12.1 Å². The average molecular weight is 324 g/mol. The van der Waals surface area contributed by atoms with Crippen LogP contribution in [-0.2, 0) is 15.6 Å². The van der Waals surface area contributed by atoms with Crippen LogP contribution in [0, 0.1) is 5.82 Å². The lowest BCUT2D eigenvalue weighted by Crippen LogP contribution is -2.23. The lowest BCUT2D eigenvalue weighted by atomic mass is 10.2. The highest BCUT2D eigenvalue weighted by Crippen LogP contribution is 2.24. The highest BCUT2D eigenvalue weighted by molar-refractivity contribution is 9.10. The first-order valence-corrected chi connectivity index (χ1v) is 7.74. The molecular weight excluding hydrogens is 309 g/mol. The van der Waals surface area contributed by atoms with Crippen molar-refractivity contribution < 1.29 is 12.8 Å². The van der Waals surface area contributed by atoms with Crippen LogP contribution in [0.2, 0.25) is 0 Å². The van der Waals surface area contributed by atoms with Gasteiger partial charge in [0.25, 0.3) is 0 Å². The third kappa shape index (κ3) is 3.76. The fraction of sp³-hybridized carbons (Fsp3) is 0.455. The lowest BCUT2D eigenvalue weighted by molar-refractivity contribution is 0.576. The van der Waals surface area contributed by atoms with Crippen molar-refractivity contribution in [1.29, 1.82) is 0 Å². The topological polar surface area (TPSA) is 60.2 Å². The van der Waals surface area contributed by atoms with E-state index in [0.717, 1.165) is 0 Å². The lowest BCUT2D eigenvalue weighted by Gasteiger charge is -2.12. The SMILES string of the molecule is CC(CCN)S(=O)(=O)Cc1cccc(F)c1Br. The van der Waals surface area contributed by atoms with Gasteiger partial charge in [-0.1, -0.05) is 12.1 Å². The first kappa shape index (κ1) is 14.6. The molecule has 0 saturated carbocycles. The number of rotatable bonds is 5. The summed E-state index contributed by atoms with van der Waals surface area (Å²) in [5.41, 5.74) is 5.78. The molecule has 0 aliphatic carbocycles. The molecule has 0 aliphatic rings. The van der Waals surface area contributed by atoms with Crippen LogP contribution in [-0.4, -0.2) is 20.2 Å². The first-order chi connectivity index (χ1) is 7.88. The van der Waals surface area contributed by atoms with Crippen molar-refractivity contribution in [3.05, 3.63) is 34.1 Å². The number of nitrogens with two attached hydrogens (primary N) is 1. The monoisotopic (exact) mass is 323 g/mol. The maximum Gasteiger partial charge on any atom is 0.157 e. The van der Waals surface area contributed by atoms with Crippen molar-refractivity contribution in [3.8, 4) is 0 Å². The molecule has 0 radical (unpaired) electrons. The van der Waals surface area contributed by atoms with E-state index in [9.17, 15) is 12.8 Å². The quantitative estimate of drug-likeness (QED) is 0.904. The van der Waals surface area contributed by atoms with E-state index in [4.69, 9.17) is 5.73 Å². The average Bonchev–Trinajstić information content (AvgIpc) is 2.25. The van der Waals surface area contributed by atoms with Crippen molar-refractivity contribution in [2.24, 2.45) is 5.73 Å². The molecule has 0 heterocycles. The molecule has 2 N–H and O–H groups in total. The van der Waals surface area contributed by atoms with Gasteiger partial charge in [-0.25, -0.2) is 12.8 Å². The standard InChI is InChI=1S/C11H15BrFNO2S/c1-8(5-6-14)17(15,16)7-9-3-2-4-10(13)11(9)12/h2-4,8H,5-7,14H2,1H3. The molecule has 0 fully saturated rings. The molecule has 1 aromatic carbocycles. The van der Waals surface area contributed by atoms with Gasteiger partial charge < -0.3 is 5.73 Å². The maximum absolute atomic E-state index is 13.2. The van der Waals surface area contributed by atoms with Crippen LogP contribution < -0.4 is 5.73 Å². The van der Waals surface area contributed by atoms with E-state index in [0.29, 0.717) is 18.5 Å². The Labute approximate surface area is 109 Å². The fourth-order valence-electron chi connectivity index (χ4n) is 1.43. The maximum atomic E-state index is 13.2. The van der Waals surface area contributed by atoms with E-state index in [-0.39, 0.29) is 10.2 Å². The van der Waals surface area contributed by atoms with Crippen molar-refractivity contribution in [1.82, 2.24) is 0 Å². The summed E-state index contributed by atoms with van der Waals surface area (Å²) >= 11 is 3.06. The summed E-state index contributed by atoms with van der Waals surface area (Å²) in [6, 6.07) is 4.38.